The van der Waals surface area contributed by atoms with Gasteiger partial charge in [-0.05, 0) is 48.2 Å². The molecule has 0 spiro atoms. The number of pyridine rings is 3. The zero-order chi connectivity index (χ0) is 30.5. The summed E-state index contributed by atoms with van der Waals surface area (Å²) >= 11 is 2.02. The molecule has 2 aromatic carbocycles. The van der Waals surface area contributed by atoms with E-state index in [9.17, 15) is 0 Å². The van der Waals surface area contributed by atoms with E-state index in [2.05, 4.69) is 50.4 Å². The molecule has 0 fully saturated rings. The van der Waals surface area contributed by atoms with Crippen LogP contribution in [-0.2, 0) is 17.3 Å². The molecule has 3 heterocycles. The van der Waals surface area contributed by atoms with Crippen LogP contribution in [0.2, 0.25) is 0 Å². The van der Waals surface area contributed by atoms with Crippen LogP contribution in [0.15, 0.2) is 148 Å². The summed E-state index contributed by atoms with van der Waals surface area (Å²) in [4.78, 5) is 12.3. The van der Waals surface area contributed by atoms with Gasteiger partial charge in [0.2, 0.25) is 0 Å². The Morgan fingerprint density at radius 1 is 0.548 bits per heavy atom. The van der Waals surface area contributed by atoms with Gasteiger partial charge in [0, 0.05) is 12.4 Å². The second-order valence-electron chi connectivity index (χ2n) is 7.28. The maximum absolute atomic E-state index is 8.49. The van der Waals surface area contributed by atoms with Gasteiger partial charge >= 0.3 is 27.0 Å². The zero-order valence-electron chi connectivity index (χ0n) is 21.4. The van der Waals surface area contributed by atoms with E-state index in [4.69, 9.17) is 18.6 Å². The van der Waals surface area contributed by atoms with Crippen LogP contribution in [0, 0.1) is 10.2 Å². The summed E-state index contributed by atoms with van der Waals surface area (Å²) in [5, 5.41) is 20.8. The van der Waals surface area contributed by atoms with Crippen molar-refractivity contribution < 1.29 is 46.2 Å². The van der Waals surface area contributed by atoms with Crippen molar-refractivity contribution in [3.63, 3.8) is 0 Å². The predicted octanol–water partition coefficient (Wildman–Crippen LogP) is 4.66. The van der Waals surface area contributed by atoms with Gasteiger partial charge in [0.1, 0.15) is 0 Å². The average Bonchev–Trinajstić information content (AvgIpc) is 3.02. The summed E-state index contributed by atoms with van der Waals surface area (Å²) in [5.74, 6) is 1.82. The summed E-state index contributed by atoms with van der Waals surface area (Å²) in [7, 11) is -0.416. The Labute approximate surface area is 258 Å². The number of halogens is 2. The quantitative estimate of drug-likeness (QED) is 0.182. The van der Waals surface area contributed by atoms with E-state index in [0.29, 0.717) is 23.1 Å². The van der Waals surface area contributed by atoms with Crippen LogP contribution >= 0.6 is 9.69 Å². The molecule has 0 aliphatic carbocycles. The van der Waals surface area contributed by atoms with Gasteiger partial charge in [-0.2, -0.15) is 0 Å². The molecule has 3 aromatic heterocycles. The Hall–Kier alpha value is -4.07. The van der Waals surface area contributed by atoms with Crippen molar-refractivity contribution in [2.24, 2.45) is 20.5 Å². The normalized spacial score (nSPS) is 10.4. The molecule has 5 rings (SSSR count). The number of benzene rings is 2. The number of hydrogen-bond donors (Lipinski definition) is 0. The molecular weight excluding hydrogens is 674 g/mol. The largest absolute Gasteiger partial charge is 0.443 e. The van der Waals surface area contributed by atoms with Crippen LogP contribution in [0.4, 0.5) is 34.5 Å². The van der Waals surface area contributed by atoms with Crippen LogP contribution in [-0.4, -0.2) is 15.0 Å². The molecule has 0 N–H and O–H groups in total. The number of para-hydroxylation sites is 1. The van der Waals surface area contributed by atoms with Crippen LogP contribution < -0.4 is 18.6 Å². The minimum absolute atomic E-state index is 0.560. The maximum Gasteiger partial charge on any atom is 0.174 e. The standard InChI is InChI=1S/C16H12N5.C11H9N3.ClHO4.ClH.Rh/c1-2-8-14(20-21-16-10-4-6-12-18-16)13(7-1)19-15-9-3-5-11-17-15;1-2-6-10(7-3-1)13-14-11-8-4-5-9-12-11;2-1(3,4)5;;/h1-12H;1-9H;(H,2,3,4,5);1H;/q-1;;;;+3/p-2. The molecule has 0 aliphatic heterocycles. The molecule has 0 saturated carbocycles. The minimum Gasteiger partial charge on any atom is -0.443 e. The fourth-order valence-corrected chi connectivity index (χ4v) is 2.72. The van der Waals surface area contributed by atoms with E-state index in [1.54, 1.807) is 24.7 Å². The molecule has 0 unspecified atom stereocenters. The summed E-state index contributed by atoms with van der Waals surface area (Å²) < 4.78 is 34.0. The molecule has 12 nitrogen and oxygen atoms in total. The predicted molar refractivity (Wildman–Crippen MR) is 142 cm³/mol. The molecule has 216 valence electrons. The van der Waals surface area contributed by atoms with Crippen LogP contribution in [0.5, 0.6) is 0 Å². The molecule has 0 radical (unpaired) electrons. The van der Waals surface area contributed by atoms with Crippen molar-refractivity contribution in [1.29, 1.82) is 0 Å². The van der Waals surface area contributed by atoms with Gasteiger partial charge in [-0.1, -0.05) is 78.7 Å². The molecule has 0 amide bonds. The van der Waals surface area contributed by atoms with E-state index < -0.39 is 10.2 Å². The fraction of sp³-hybridized carbons (Fsp3) is 0. The summed E-state index contributed by atoms with van der Waals surface area (Å²) in [5.41, 5.74) is 2.22. The molecule has 42 heavy (non-hydrogen) atoms. The molecular formula is C27H21Cl2N8O4Rh. The number of azo groups is 2. The SMILES string of the molecule is [Cl][Rh+2].[O-][Cl+3]([O-])([O-])[O-].c1ccc(N=Nc2ccccc2[N-]c2ccccn2)nc1.c1ccc(N=Nc2ccccn2)cc1. The molecule has 0 saturated heterocycles. The third-order valence-electron chi connectivity index (χ3n) is 4.35. The van der Waals surface area contributed by atoms with Crippen molar-refractivity contribution >= 4 is 44.2 Å². The van der Waals surface area contributed by atoms with E-state index in [1.165, 1.54) is 0 Å². The number of hydrogen-bond acceptors (Lipinski definition) is 11. The molecule has 0 atom stereocenters. The van der Waals surface area contributed by atoms with Gasteiger partial charge in [0.15, 0.2) is 11.6 Å². The van der Waals surface area contributed by atoms with Crippen molar-refractivity contribution in [3.05, 3.63) is 133 Å². The Morgan fingerprint density at radius 2 is 1.02 bits per heavy atom. The van der Waals surface area contributed by atoms with Crippen molar-refractivity contribution in [2.75, 3.05) is 0 Å². The fourth-order valence-electron chi connectivity index (χ4n) is 2.72. The molecule has 0 bridgehead atoms. The first kappa shape index (κ1) is 34.1. The van der Waals surface area contributed by atoms with Crippen LogP contribution in [0.3, 0.4) is 0 Å². The number of nitrogens with zero attached hydrogens (tertiary/aromatic N) is 8. The first-order valence-corrected chi connectivity index (χ1v) is 14.9. The monoisotopic (exact) mass is 694 g/mol. The zero-order valence-corrected chi connectivity index (χ0v) is 24.6. The maximum atomic E-state index is 8.49. The van der Waals surface area contributed by atoms with E-state index in [1.807, 2.05) is 120 Å². The van der Waals surface area contributed by atoms with E-state index >= 15 is 0 Å². The Morgan fingerprint density at radius 3 is 1.55 bits per heavy atom. The number of rotatable bonds is 6. The van der Waals surface area contributed by atoms with Crippen LogP contribution in [0.1, 0.15) is 0 Å². The van der Waals surface area contributed by atoms with Gasteiger partial charge in [-0.3, -0.25) is 0 Å². The topological polar surface area (TPSA) is 194 Å². The third-order valence-corrected chi connectivity index (χ3v) is 4.35. The molecule has 0 aliphatic rings. The summed E-state index contributed by atoms with van der Waals surface area (Å²) in [6.07, 6.45) is 5.08. The Bertz CT molecular complexity index is 1420. The van der Waals surface area contributed by atoms with E-state index in [-0.39, 0.29) is 0 Å². The van der Waals surface area contributed by atoms with Crippen molar-refractivity contribution in [3.8, 4) is 0 Å². The van der Waals surface area contributed by atoms with Gasteiger partial charge in [0.25, 0.3) is 0 Å². The van der Waals surface area contributed by atoms with Crippen molar-refractivity contribution in [1.82, 2.24) is 15.0 Å². The molecule has 15 heteroatoms. The molecule has 5 aromatic rings. The van der Waals surface area contributed by atoms with Gasteiger partial charge in [-0.15, -0.1) is 30.7 Å². The average molecular weight is 695 g/mol. The van der Waals surface area contributed by atoms with Crippen LogP contribution in [0.25, 0.3) is 5.32 Å². The third kappa shape index (κ3) is 15.7. The van der Waals surface area contributed by atoms with Gasteiger partial charge in [0.05, 0.1) is 11.4 Å². The number of aromatic nitrogens is 3. The van der Waals surface area contributed by atoms with Gasteiger partial charge in [-0.25, -0.2) is 28.6 Å². The second kappa shape index (κ2) is 19.9. The van der Waals surface area contributed by atoms with Crippen molar-refractivity contribution in [2.45, 2.75) is 0 Å². The minimum atomic E-state index is -4.94. The van der Waals surface area contributed by atoms with E-state index in [0.717, 1.165) is 11.4 Å². The second-order valence-corrected chi connectivity index (χ2v) is 8.03. The summed E-state index contributed by atoms with van der Waals surface area (Å²) in [6, 6.07) is 33.7. The summed E-state index contributed by atoms with van der Waals surface area (Å²) in [6.45, 7) is 0. The Kier molecular flexibility index (Phi) is 16.2. The van der Waals surface area contributed by atoms with Gasteiger partial charge < -0.3 is 10.3 Å². The first-order chi connectivity index (χ1) is 20.4. The Balaban J connectivity index is 0.000000253. The smallest absolute Gasteiger partial charge is 0.174 e. The first-order valence-electron chi connectivity index (χ1n) is 11.5.